The SMILES string of the molecule is CC(=O)c1ccncc1N.CC(O)C(C)O.CC1OC(C)(c2ccncc2N)OC1C. The highest BCUT2D eigenvalue weighted by atomic mass is 16.8. The van der Waals surface area contributed by atoms with E-state index in [9.17, 15) is 4.79 Å². The van der Waals surface area contributed by atoms with Crippen LogP contribution in [0.3, 0.4) is 0 Å². The topological polar surface area (TPSA) is 154 Å². The lowest BCUT2D eigenvalue weighted by molar-refractivity contribution is -0.166. The molecule has 0 aliphatic carbocycles. The second kappa shape index (κ2) is 11.7. The summed E-state index contributed by atoms with van der Waals surface area (Å²) in [6.45, 7) is 10.4. The number of nitrogens with two attached hydrogens (primary N) is 2. The molecule has 2 aromatic rings. The molecule has 31 heavy (non-hydrogen) atoms. The van der Waals surface area contributed by atoms with Crippen molar-refractivity contribution in [2.24, 2.45) is 0 Å². The number of Topliss-reactive ketones (excluding diaryl/α,β-unsaturated/α-hetero) is 1. The zero-order valence-corrected chi connectivity index (χ0v) is 18.9. The highest BCUT2D eigenvalue weighted by Gasteiger charge is 2.42. The van der Waals surface area contributed by atoms with Crippen LogP contribution in [0, 0.1) is 0 Å². The smallest absolute Gasteiger partial charge is 0.194 e. The number of hydrogen-bond acceptors (Lipinski definition) is 9. The molecular weight excluding hydrogens is 400 g/mol. The standard InChI is InChI=1S/C11H16N2O2.C7H8N2O.C4H10O2/c1-7-8(2)15-11(3,14-7)9-4-5-13-6-10(9)12;1-5(10)6-2-3-9-4-7(6)8;1-3(5)4(2)6/h4-8H,12H2,1-3H3;2-4H,8H2,1H3;3-6H,1-2H3. The molecule has 0 aromatic carbocycles. The quantitative estimate of drug-likeness (QED) is 0.533. The Morgan fingerprint density at radius 3 is 1.81 bits per heavy atom. The molecule has 9 nitrogen and oxygen atoms in total. The molecule has 3 rings (SSSR count). The first-order valence-corrected chi connectivity index (χ1v) is 10.0. The Bertz CT molecular complexity index is 828. The van der Waals surface area contributed by atoms with Crippen molar-refractivity contribution in [1.29, 1.82) is 0 Å². The van der Waals surface area contributed by atoms with Gasteiger partial charge in [-0.05, 0) is 53.7 Å². The molecule has 6 N–H and O–H groups in total. The van der Waals surface area contributed by atoms with Crippen molar-refractivity contribution in [2.75, 3.05) is 11.5 Å². The number of pyridine rings is 2. The van der Waals surface area contributed by atoms with Crippen LogP contribution in [-0.2, 0) is 15.3 Å². The van der Waals surface area contributed by atoms with Crippen LogP contribution < -0.4 is 11.5 Å². The number of hydrogen-bond donors (Lipinski definition) is 4. The van der Waals surface area contributed by atoms with Gasteiger partial charge in [0.05, 0.1) is 48.2 Å². The van der Waals surface area contributed by atoms with Crippen molar-refractivity contribution in [3.63, 3.8) is 0 Å². The van der Waals surface area contributed by atoms with Gasteiger partial charge in [-0.1, -0.05) is 0 Å². The van der Waals surface area contributed by atoms with E-state index in [0.717, 1.165) is 5.56 Å². The van der Waals surface area contributed by atoms with E-state index in [-0.39, 0.29) is 18.0 Å². The van der Waals surface area contributed by atoms with Crippen LogP contribution in [-0.4, -0.2) is 50.4 Å². The summed E-state index contributed by atoms with van der Waals surface area (Å²) < 4.78 is 11.6. The molecule has 0 radical (unpaired) electrons. The number of aliphatic hydroxyl groups excluding tert-OH is 2. The molecule has 2 aromatic heterocycles. The van der Waals surface area contributed by atoms with Gasteiger partial charge in [-0.2, -0.15) is 0 Å². The van der Waals surface area contributed by atoms with Crippen LogP contribution in [0.4, 0.5) is 11.4 Å². The van der Waals surface area contributed by atoms with Gasteiger partial charge in [0.2, 0.25) is 0 Å². The van der Waals surface area contributed by atoms with E-state index in [1.54, 1.807) is 38.5 Å². The van der Waals surface area contributed by atoms with Crippen LogP contribution in [0.1, 0.15) is 57.5 Å². The van der Waals surface area contributed by atoms with E-state index in [2.05, 4.69) is 9.97 Å². The molecule has 172 valence electrons. The van der Waals surface area contributed by atoms with Gasteiger partial charge >= 0.3 is 0 Å². The van der Waals surface area contributed by atoms with Crippen LogP contribution in [0.5, 0.6) is 0 Å². The molecule has 9 heteroatoms. The maximum absolute atomic E-state index is 10.8. The first-order valence-electron chi connectivity index (χ1n) is 10.0. The minimum absolute atomic E-state index is 0.0279. The number of carbonyl (C=O) groups excluding carboxylic acids is 1. The Labute approximate surface area is 183 Å². The van der Waals surface area contributed by atoms with Crippen molar-refractivity contribution in [2.45, 2.75) is 71.7 Å². The largest absolute Gasteiger partial charge is 0.397 e. The summed E-state index contributed by atoms with van der Waals surface area (Å²) in [6, 6.07) is 3.44. The number of rotatable bonds is 3. The van der Waals surface area contributed by atoms with Crippen LogP contribution in [0.25, 0.3) is 0 Å². The average Bonchev–Trinajstić information content (AvgIpc) is 2.95. The highest BCUT2D eigenvalue weighted by Crippen LogP contribution is 2.39. The third kappa shape index (κ3) is 7.87. The Morgan fingerprint density at radius 2 is 1.45 bits per heavy atom. The van der Waals surface area contributed by atoms with Crippen molar-refractivity contribution < 1.29 is 24.5 Å². The van der Waals surface area contributed by atoms with E-state index in [4.69, 9.17) is 31.2 Å². The zero-order valence-electron chi connectivity index (χ0n) is 18.9. The summed E-state index contributed by atoms with van der Waals surface area (Å²) in [5.74, 6) is -0.772. The molecule has 1 saturated heterocycles. The molecule has 0 amide bonds. The van der Waals surface area contributed by atoms with Crippen molar-refractivity contribution in [3.8, 4) is 0 Å². The Morgan fingerprint density at radius 1 is 1.00 bits per heavy atom. The van der Waals surface area contributed by atoms with E-state index >= 15 is 0 Å². The fraction of sp³-hybridized carbons (Fsp3) is 0.500. The molecule has 4 atom stereocenters. The molecule has 1 aliphatic heterocycles. The molecule has 0 saturated carbocycles. The average molecular weight is 435 g/mol. The van der Waals surface area contributed by atoms with E-state index in [1.165, 1.54) is 13.1 Å². The number of nitrogen functional groups attached to an aromatic ring is 2. The fourth-order valence-electron chi connectivity index (χ4n) is 2.60. The number of aliphatic hydroxyl groups is 2. The molecular formula is C22H34N4O5. The molecule has 1 fully saturated rings. The number of ketones is 1. The molecule has 1 aliphatic rings. The van der Waals surface area contributed by atoms with Crippen molar-refractivity contribution in [1.82, 2.24) is 9.97 Å². The van der Waals surface area contributed by atoms with Crippen LogP contribution >= 0.6 is 0 Å². The van der Waals surface area contributed by atoms with E-state index < -0.39 is 18.0 Å². The summed E-state index contributed by atoms with van der Waals surface area (Å²) in [7, 11) is 0. The fourth-order valence-corrected chi connectivity index (χ4v) is 2.60. The predicted molar refractivity (Wildman–Crippen MR) is 119 cm³/mol. The van der Waals surface area contributed by atoms with Gasteiger partial charge in [0.25, 0.3) is 0 Å². The third-order valence-corrected chi connectivity index (χ3v) is 4.75. The predicted octanol–water partition coefficient (Wildman–Crippen LogP) is 2.27. The van der Waals surface area contributed by atoms with Crippen molar-refractivity contribution in [3.05, 3.63) is 48.0 Å². The van der Waals surface area contributed by atoms with Crippen LogP contribution in [0.2, 0.25) is 0 Å². The van der Waals surface area contributed by atoms with Gasteiger partial charge in [-0.15, -0.1) is 0 Å². The first kappa shape index (κ1) is 26.4. The van der Waals surface area contributed by atoms with E-state index in [1.807, 2.05) is 26.8 Å². The summed E-state index contributed by atoms with van der Waals surface area (Å²) in [4.78, 5) is 18.5. The van der Waals surface area contributed by atoms with Crippen LogP contribution in [0.15, 0.2) is 36.9 Å². The summed E-state index contributed by atoms with van der Waals surface area (Å²) in [5.41, 5.74) is 13.7. The summed E-state index contributed by atoms with van der Waals surface area (Å²) in [5, 5.41) is 16.8. The normalized spacial score (nSPS) is 24.1. The summed E-state index contributed by atoms with van der Waals surface area (Å²) in [6.07, 6.45) is 5.28. The Balaban J connectivity index is 0.000000260. The zero-order chi connectivity index (χ0) is 23.8. The summed E-state index contributed by atoms with van der Waals surface area (Å²) >= 11 is 0. The maximum atomic E-state index is 10.8. The highest BCUT2D eigenvalue weighted by molar-refractivity contribution is 5.98. The number of aromatic nitrogens is 2. The van der Waals surface area contributed by atoms with Gasteiger partial charge < -0.3 is 31.2 Å². The van der Waals surface area contributed by atoms with Gasteiger partial charge in [-0.25, -0.2) is 0 Å². The van der Waals surface area contributed by atoms with Gasteiger partial charge in [0.15, 0.2) is 11.6 Å². The van der Waals surface area contributed by atoms with Gasteiger partial charge in [0.1, 0.15) is 0 Å². The third-order valence-electron chi connectivity index (χ3n) is 4.75. The Kier molecular flexibility index (Phi) is 9.99. The lowest BCUT2D eigenvalue weighted by Gasteiger charge is -2.24. The number of ether oxygens (including phenoxy) is 2. The monoisotopic (exact) mass is 434 g/mol. The maximum Gasteiger partial charge on any atom is 0.194 e. The molecule has 0 spiro atoms. The van der Waals surface area contributed by atoms with Gasteiger partial charge in [-0.3, -0.25) is 14.8 Å². The van der Waals surface area contributed by atoms with E-state index in [0.29, 0.717) is 16.9 Å². The number of anilines is 2. The lowest BCUT2D eigenvalue weighted by Crippen LogP contribution is -2.25. The first-order chi connectivity index (χ1) is 14.4. The number of carbonyl (C=O) groups is 1. The molecule has 4 unspecified atom stereocenters. The van der Waals surface area contributed by atoms with Gasteiger partial charge in [0, 0.05) is 23.5 Å². The minimum Gasteiger partial charge on any atom is -0.397 e. The number of nitrogens with zero attached hydrogens (tertiary/aromatic N) is 2. The lowest BCUT2D eigenvalue weighted by atomic mass is 10.1. The molecule has 0 bridgehead atoms. The second-order valence-electron chi connectivity index (χ2n) is 7.55. The Hall–Kier alpha value is -2.59. The van der Waals surface area contributed by atoms with Crippen molar-refractivity contribution >= 4 is 17.2 Å². The second-order valence-corrected chi connectivity index (χ2v) is 7.55. The minimum atomic E-state index is -0.744. The molecule has 3 heterocycles.